The highest BCUT2D eigenvalue weighted by atomic mass is 35.5. The van der Waals surface area contributed by atoms with Crippen LogP contribution in [0, 0.1) is 0 Å². The molecule has 0 unspecified atom stereocenters. The average Bonchev–Trinajstić information content (AvgIpc) is 2.63. The van der Waals surface area contributed by atoms with E-state index in [4.69, 9.17) is 27.9 Å². The third kappa shape index (κ3) is 5.48. The quantitative estimate of drug-likeness (QED) is 0.684. The zero-order valence-electron chi connectivity index (χ0n) is 14.8. The van der Waals surface area contributed by atoms with Crippen LogP contribution in [-0.2, 0) is 33.6 Å². The maximum absolute atomic E-state index is 12.2. The fraction of sp³-hybridized carbons (Fsp3) is 0.300. The Balaban J connectivity index is 1.92. The molecule has 2 rings (SSSR count). The number of carbonyl (C=O) groups is 2. The van der Waals surface area contributed by atoms with Gasteiger partial charge in [0, 0.05) is 5.69 Å². The molecule has 0 atom stereocenters. The minimum Gasteiger partial charge on any atom is -0.455 e. The van der Waals surface area contributed by atoms with Crippen LogP contribution in [0.25, 0.3) is 0 Å². The van der Waals surface area contributed by atoms with E-state index in [1.165, 1.54) is 0 Å². The maximum Gasteiger partial charge on any atom is 0.310 e. The van der Waals surface area contributed by atoms with Crippen molar-refractivity contribution in [2.45, 2.75) is 33.1 Å². The smallest absolute Gasteiger partial charge is 0.310 e. The molecule has 2 aromatic carbocycles. The number of nitrogens with one attached hydrogen (secondary N) is 1. The second-order valence-electron chi connectivity index (χ2n) is 5.79. The molecule has 0 aromatic heterocycles. The molecule has 2 aromatic rings. The first-order chi connectivity index (χ1) is 12.4. The van der Waals surface area contributed by atoms with Crippen molar-refractivity contribution in [1.29, 1.82) is 0 Å². The number of anilines is 1. The molecule has 0 aliphatic heterocycles. The normalized spacial score (nSPS) is 10.5. The van der Waals surface area contributed by atoms with Gasteiger partial charge in [0.1, 0.15) is 0 Å². The molecule has 0 radical (unpaired) electrons. The molecule has 1 amide bonds. The summed E-state index contributed by atoms with van der Waals surface area (Å²) in [7, 11) is 0. The van der Waals surface area contributed by atoms with Crippen molar-refractivity contribution in [1.82, 2.24) is 0 Å². The summed E-state index contributed by atoms with van der Waals surface area (Å²) in [4.78, 5) is 24.1. The Labute approximate surface area is 163 Å². The first kappa shape index (κ1) is 20.3. The number of benzene rings is 2. The van der Waals surface area contributed by atoms with Gasteiger partial charge >= 0.3 is 5.97 Å². The highest BCUT2D eigenvalue weighted by Gasteiger charge is 2.13. The molecule has 0 saturated carbocycles. The first-order valence-corrected chi connectivity index (χ1v) is 9.20. The van der Waals surface area contributed by atoms with Crippen LogP contribution < -0.4 is 5.32 Å². The van der Waals surface area contributed by atoms with Gasteiger partial charge < -0.3 is 10.1 Å². The average molecular weight is 394 g/mol. The third-order valence-electron chi connectivity index (χ3n) is 3.96. The maximum atomic E-state index is 12.2. The van der Waals surface area contributed by atoms with E-state index in [1.54, 1.807) is 18.2 Å². The van der Waals surface area contributed by atoms with Crippen LogP contribution in [0.15, 0.2) is 36.4 Å². The number of rotatable bonds is 7. The van der Waals surface area contributed by atoms with E-state index >= 15 is 0 Å². The number of ether oxygens (including phenoxy) is 1. The zero-order chi connectivity index (χ0) is 19.1. The molecular formula is C20H21Cl2NO3. The van der Waals surface area contributed by atoms with Crippen molar-refractivity contribution < 1.29 is 14.3 Å². The lowest BCUT2D eigenvalue weighted by atomic mass is 10.0. The highest BCUT2D eigenvalue weighted by Crippen LogP contribution is 2.23. The van der Waals surface area contributed by atoms with Gasteiger partial charge in [-0.15, -0.1) is 0 Å². The summed E-state index contributed by atoms with van der Waals surface area (Å²) in [5.74, 6) is -0.860. The number of halogens is 2. The van der Waals surface area contributed by atoms with Crippen molar-refractivity contribution in [2.75, 3.05) is 11.9 Å². The van der Waals surface area contributed by atoms with Crippen LogP contribution in [0.4, 0.5) is 5.69 Å². The summed E-state index contributed by atoms with van der Waals surface area (Å²) in [6.07, 6.45) is 1.64. The van der Waals surface area contributed by atoms with Gasteiger partial charge in [-0.05, 0) is 41.7 Å². The fourth-order valence-corrected chi connectivity index (χ4v) is 2.91. The van der Waals surface area contributed by atoms with Crippen LogP contribution in [0.2, 0.25) is 10.0 Å². The Morgan fingerprint density at radius 2 is 1.65 bits per heavy atom. The van der Waals surface area contributed by atoms with Crippen LogP contribution in [0.5, 0.6) is 0 Å². The Morgan fingerprint density at radius 1 is 1.00 bits per heavy atom. The van der Waals surface area contributed by atoms with Crippen molar-refractivity contribution in [2.24, 2.45) is 0 Å². The second-order valence-corrected chi connectivity index (χ2v) is 6.61. The molecular weight excluding hydrogens is 373 g/mol. The Kier molecular flexibility index (Phi) is 7.49. The monoisotopic (exact) mass is 393 g/mol. The van der Waals surface area contributed by atoms with Gasteiger partial charge in [0.15, 0.2) is 6.61 Å². The van der Waals surface area contributed by atoms with Gasteiger partial charge in [-0.2, -0.15) is 0 Å². The number of esters is 1. The molecule has 0 bridgehead atoms. The summed E-state index contributed by atoms with van der Waals surface area (Å²) in [5, 5.41) is 3.66. The SMILES string of the molecule is CCc1cccc(CC)c1NC(=O)COC(=O)Cc1ccc(Cl)c(Cl)c1. The number of hydrogen-bond acceptors (Lipinski definition) is 3. The molecule has 0 spiro atoms. The predicted octanol–water partition coefficient (Wildman–Crippen LogP) is 4.84. The molecule has 0 fully saturated rings. The number of para-hydroxylation sites is 1. The number of amides is 1. The first-order valence-electron chi connectivity index (χ1n) is 8.44. The summed E-state index contributed by atoms with van der Waals surface area (Å²) in [6.45, 7) is 3.73. The molecule has 6 heteroatoms. The van der Waals surface area contributed by atoms with Gasteiger partial charge in [-0.1, -0.05) is 61.3 Å². The van der Waals surface area contributed by atoms with Gasteiger partial charge in [-0.3, -0.25) is 9.59 Å². The highest BCUT2D eigenvalue weighted by molar-refractivity contribution is 6.42. The lowest BCUT2D eigenvalue weighted by Crippen LogP contribution is -2.23. The van der Waals surface area contributed by atoms with Gasteiger partial charge in [0.2, 0.25) is 0 Å². The van der Waals surface area contributed by atoms with Gasteiger partial charge in [0.05, 0.1) is 16.5 Å². The number of hydrogen-bond donors (Lipinski definition) is 1. The van der Waals surface area contributed by atoms with Crippen LogP contribution in [0.1, 0.15) is 30.5 Å². The van der Waals surface area contributed by atoms with Crippen LogP contribution in [0.3, 0.4) is 0 Å². The number of carbonyl (C=O) groups excluding carboxylic acids is 2. The van der Waals surface area contributed by atoms with E-state index in [1.807, 2.05) is 32.0 Å². The summed E-state index contributed by atoms with van der Waals surface area (Å²) in [5.41, 5.74) is 3.59. The largest absolute Gasteiger partial charge is 0.455 e. The lowest BCUT2D eigenvalue weighted by Gasteiger charge is -2.14. The van der Waals surface area contributed by atoms with E-state index < -0.39 is 5.97 Å². The van der Waals surface area contributed by atoms with Gasteiger partial charge in [-0.25, -0.2) is 0 Å². The van der Waals surface area contributed by atoms with Crippen molar-refractivity contribution in [3.05, 3.63) is 63.1 Å². The molecule has 26 heavy (non-hydrogen) atoms. The van der Waals surface area contributed by atoms with E-state index in [9.17, 15) is 9.59 Å². The Bertz CT molecular complexity index is 783. The van der Waals surface area contributed by atoms with Gasteiger partial charge in [0.25, 0.3) is 5.91 Å². The third-order valence-corrected chi connectivity index (χ3v) is 4.70. The minimum atomic E-state index is -0.502. The van der Waals surface area contributed by atoms with Crippen molar-refractivity contribution >= 4 is 40.8 Å². The molecule has 138 valence electrons. The number of aryl methyl sites for hydroxylation is 2. The zero-order valence-corrected chi connectivity index (χ0v) is 16.3. The molecule has 0 aliphatic rings. The van der Waals surface area contributed by atoms with Crippen molar-refractivity contribution in [3.63, 3.8) is 0 Å². The van der Waals surface area contributed by atoms with E-state index in [2.05, 4.69) is 5.32 Å². The summed E-state index contributed by atoms with van der Waals surface area (Å²) < 4.78 is 5.07. The molecule has 1 N–H and O–H groups in total. The second kappa shape index (κ2) is 9.60. The molecule has 0 heterocycles. The molecule has 4 nitrogen and oxygen atoms in total. The Morgan fingerprint density at radius 3 is 2.23 bits per heavy atom. The molecule has 0 aliphatic carbocycles. The molecule has 0 saturated heterocycles. The lowest BCUT2D eigenvalue weighted by molar-refractivity contribution is -0.146. The summed E-state index contributed by atoms with van der Waals surface area (Å²) >= 11 is 11.8. The fourth-order valence-electron chi connectivity index (χ4n) is 2.59. The predicted molar refractivity (Wildman–Crippen MR) is 105 cm³/mol. The minimum absolute atomic E-state index is 0.0237. The topological polar surface area (TPSA) is 55.4 Å². The van der Waals surface area contributed by atoms with Crippen LogP contribution >= 0.6 is 23.2 Å². The van der Waals surface area contributed by atoms with Crippen molar-refractivity contribution in [3.8, 4) is 0 Å². The van der Waals surface area contributed by atoms with E-state index in [0.29, 0.717) is 15.6 Å². The van der Waals surface area contributed by atoms with E-state index in [-0.39, 0.29) is 18.9 Å². The standard InChI is InChI=1S/C20H21Cl2NO3/c1-3-14-6-5-7-15(4-2)20(14)23-18(24)12-26-19(25)11-13-8-9-16(21)17(22)10-13/h5-10H,3-4,11-12H2,1-2H3,(H,23,24). The van der Waals surface area contributed by atoms with Crippen LogP contribution in [-0.4, -0.2) is 18.5 Å². The van der Waals surface area contributed by atoms with E-state index in [0.717, 1.165) is 29.7 Å². The Hall–Kier alpha value is -2.04. The summed E-state index contributed by atoms with van der Waals surface area (Å²) in [6, 6.07) is 10.9.